The Morgan fingerprint density at radius 3 is 2.33 bits per heavy atom. The highest BCUT2D eigenvalue weighted by molar-refractivity contribution is 7.97. The van der Waals surface area contributed by atoms with Crippen LogP contribution in [0.4, 0.5) is 5.69 Å². The molecule has 2 rings (SSSR count). The van der Waals surface area contributed by atoms with Crippen LogP contribution >= 0.6 is 11.9 Å². The fourth-order valence-electron chi connectivity index (χ4n) is 1.43. The molecule has 2 aromatic rings. The molecule has 0 fully saturated rings. The largest absolute Gasteiger partial charge is 0.269 e. The second kappa shape index (κ2) is 6.18. The van der Waals surface area contributed by atoms with Crippen molar-refractivity contribution in [3.8, 4) is 0 Å². The first-order valence-corrected chi connectivity index (χ1v) is 6.25. The molecule has 0 aliphatic rings. The monoisotopic (exact) mass is 260 g/mol. The lowest BCUT2D eigenvalue weighted by Gasteiger charge is -2.03. The zero-order valence-corrected chi connectivity index (χ0v) is 10.4. The zero-order chi connectivity index (χ0) is 12.8. The van der Waals surface area contributed by atoms with E-state index in [0.29, 0.717) is 0 Å². The first kappa shape index (κ1) is 12.6. The molecular weight excluding hydrogens is 248 g/mol. The van der Waals surface area contributed by atoms with Crippen molar-refractivity contribution in [2.24, 2.45) is 0 Å². The fourth-order valence-corrected chi connectivity index (χ4v) is 2.11. The van der Waals surface area contributed by atoms with Crippen molar-refractivity contribution < 1.29 is 4.92 Å². The van der Waals surface area contributed by atoms with Gasteiger partial charge in [0, 0.05) is 23.6 Å². The molecule has 0 atom stereocenters. The minimum absolute atomic E-state index is 0.113. The van der Waals surface area contributed by atoms with E-state index in [-0.39, 0.29) is 5.69 Å². The van der Waals surface area contributed by atoms with Crippen molar-refractivity contribution in [1.29, 1.82) is 0 Å². The van der Waals surface area contributed by atoms with Crippen LogP contribution in [0.1, 0.15) is 5.56 Å². The molecule has 0 amide bonds. The average Bonchev–Trinajstić information content (AvgIpc) is 2.40. The van der Waals surface area contributed by atoms with Crippen molar-refractivity contribution in [3.63, 3.8) is 0 Å². The number of non-ortho nitro benzene ring substituents is 1. The number of nitrogens with zero attached hydrogens (tertiary/aromatic N) is 1. The first-order valence-electron chi connectivity index (χ1n) is 5.44. The Kier molecular flexibility index (Phi) is 4.33. The number of nitrogens with one attached hydrogen (secondary N) is 1. The predicted octanol–water partition coefficient (Wildman–Crippen LogP) is 3.39. The highest BCUT2D eigenvalue weighted by Gasteiger charge is 2.03. The van der Waals surface area contributed by atoms with Crippen LogP contribution in [0.2, 0.25) is 0 Å². The van der Waals surface area contributed by atoms with Crippen LogP contribution in [-0.4, -0.2) is 4.92 Å². The Labute approximate surface area is 109 Å². The van der Waals surface area contributed by atoms with Gasteiger partial charge in [-0.1, -0.05) is 30.3 Å². The number of benzene rings is 2. The summed E-state index contributed by atoms with van der Waals surface area (Å²) in [5.41, 5.74) is 1.31. The molecule has 2 aromatic carbocycles. The van der Waals surface area contributed by atoms with Gasteiger partial charge in [-0.05, 0) is 29.6 Å². The SMILES string of the molecule is O=[N+]([O-])c1ccc(SNCc2ccccc2)cc1. The molecule has 1 N–H and O–H groups in total. The van der Waals surface area contributed by atoms with E-state index in [4.69, 9.17) is 0 Å². The maximum absolute atomic E-state index is 10.5. The van der Waals surface area contributed by atoms with Gasteiger partial charge in [-0.15, -0.1) is 0 Å². The summed E-state index contributed by atoms with van der Waals surface area (Å²) in [6, 6.07) is 16.5. The third-order valence-corrected chi connectivity index (χ3v) is 3.15. The number of hydrogen-bond acceptors (Lipinski definition) is 4. The predicted molar refractivity (Wildman–Crippen MR) is 72.2 cm³/mol. The van der Waals surface area contributed by atoms with Crippen LogP contribution in [0.5, 0.6) is 0 Å². The van der Waals surface area contributed by atoms with E-state index < -0.39 is 4.92 Å². The maximum Gasteiger partial charge on any atom is 0.269 e. The summed E-state index contributed by atoms with van der Waals surface area (Å²) in [6.45, 7) is 0.752. The molecule has 92 valence electrons. The third kappa shape index (κ3) is 3.58. The highest BCUT2D eigenvalue weighted by Crippen LogP contribution is 2.19. The van der Waals surface area contributed by atoms with Gasteiger partial charge in [0.15, 0.2) is 0 Å². The molecule has 0 saturated heterocycles. The Morgan fingerprint density at radius 2 is 1.72 bits per heavy atom. The second-order valence-corrected chi connectivity index (χ2v) is 4.62. The van der Waals surface area contributed by atoms with E-state index in [1.165, 1.54) is 29.6 Å². The van der Waals surface area contributed by atoms with Crippen LogP contribution in [-0.2, 0) is 6.54 Å². The van der Waals surface area contributed by atoms with E-state index in [1.807, 2.05) is 30.3 Å². The van der Waals surface area contributed by atoms with Gasteiger partial charge in [0.05, 0.1) is 4.92 Å². The van der Waals surface area contributed by atoms with Crippen molar-refractivity contribution in [1.82, 2.24) is 4.72 Å². The van der Waals surface area contributed by atoms with Crippen molar-refractivity contribution in [2.75, 3.05) is 0 Å². The average molecular weight is 260 g/mol. The van der Waals surface area contributed by atoms with Gasteiger partial charge in [0.2, 0.25) is 0 Å². The molecule has 0 radical (unpaired) electrons. The third-order valence-electron chi connectivity index (χ3n) is 2.36. The van der Waals surface area contributed by atoms with Gasteiger partial charge in [-0.3, -0.25) is 14.8 Å². The Morgan fingerprint density at radius 1 is 1.06 bits per heavy atom. The molecule has 4 nitrogen and oxygen atoms in total. The number of nitro benzene ring substituents is 1. The summed E-state index contributed by atoms with van der Waals surface area (Å²) < 4.78 is 3.21. The summed E-state index contributed by atoms with van der Waals surface area (Å²) >= 11 is 1.46. The molecule has 0 heterocycles. The Bertz CT molecular complexity index is 514. The van der Waals surface area contributed by atoms with Gasteiger partial charge < -0.3 is 0 Å². The Balaban J connectivity index is 1.85. The smallest absolute Gasteiger partial charge is 0.258 e. The van der Waals surface area contributed by atoms with Crippen molar-refractivity contribution >= 4 is 17.6 Å². The molecule has 5 heteroatoms. The second-order valence-electron chi connectivity index (χ2n) is 3.66. The van der Waals surface area contributed by atoms with Gasteiger partial charge in [0.25, 0.3) is 5.69 Å². The molecular formula is C13H12N2O2S. The van der Waals surface area contributed by atoms with Crippen molar-refractivity contribution in [2.45, 2.75) is 11.4 Å². The lowest BCUT2D eigenvalue weighted by molar-refractivity contribution is -0.384. The highest BCUT2D eigenvalue weighted by atomic mass is 32.2. The number of rotatable bonds is 5. The van der Waals surface area contributed by atoms with Crippen LogP contribution in [0, 0.1) is 10.1 Å². The number of nitro groups is 1. The van der Waals surface area contributed by atoms with E-state index >= 15 is 0 Å². The maximum atomic E-state index is 10.5. The van der Waals surface area contributed by atoms with Crippen LogP contribution in [0.3, 0.4) is 0 Å². The molecule has 0 bridgehead atoms. The van der Waals surface area contributed by atoms with Crippen LogP contribution in [0.15, 0.2) is 59.5 Å². The molecule has 0 aromatic heterocycles. The molecule has 0 aliphatic heterocycles. The van der Waals surface area contributed by atoms with Gasteiger partial charge in [-0.25, -0.2) is 0 Å². The molecule has 0 aliphatic carbocycles. The molecule has 0 unspecified atom stereocenters. The normalized spacial score (nSPS) is 10.2. The van der Waals surface area contributed by atoms with Crippen LogP contribution < -0.4 is 4.72 Å². The van der Waals surface area contributed by atoms with Crippen LogP contribution in [0.25, 0.3) is 0 Å². The zero-order valence-electron chi connectivity index (χ0n) is 9.58. The topological polar surface area (TPSA) is 55.2 Å². The summed E-state index contributed by atoms with van der Waals surface area (Å²) in [5.74, 6) is 0. The Hall–Kier alpha value is -1.85. The lowest BCUT2D eigenvalue weighted by Crippen LogP contribution is -2.02. The minimum Gasteiger partial charge on any atom is -0.258 e. The van der Waals surface area contributed by atoms with E-state index in [0.717, 1.165) is 11.4 Å². The first-order chi connectivity index (χ1) is 8.75. The van der Waals surface area contributed by atoms with Gasteiger partial charge >= 0.3 is 0 Å². The van der Waals surface area contributed by atoms with E-state index in [1.54, 1.807) is 12.1 Å². The summed E-state index contributed by atoms with van der Waals surface area (Å²) in [4.78, 5) is 11.1. The van der Waals surface area contributed by atoms with E-state index in [9.17, 15) is 10.1 Å². The quantitative estimate of drug-likeness (QED) is 0.508. The molecule has 0 spiro atoms. The standard InChI is InChI=1S/C13H12N2O2S/c16-15(17)12-6-8-13(9-7-12)18-14-10-11-4-2-1-3-5-11/h1-9,14H,10H2. The summed E-state index contributed by atoms with van der Waals surface area (Å²) in [6.07, 6.45) is 0. The fraction of sp³-hybridized carbons (Fsp3) is 0.0769. The van der Waals surface area contributed by atoms with Crippen molar-refractivity contribution in [3.05, 3.63) is 70.3 Å². The van der Waals surface area contributed by atoms with Gasteiger partial charge in [-0.2, -0.15) is 0 Å². The summed E-state index contributed by atoms with van der Waals surface area (Å²) in [7, 11) is 0. The summed E-state index contributed by atoms with van der Waals surface area (Å²) in [5, 5.41) is 10.5. The molecule has 0 saturated carbocycles. The lowest BCUT2D eigenvalue weighted by atomic mass is 10.2. The van der Waals surface area contributed by atoms with E-state index in [2.05, 4.69) is 4.72 Å². The van der Waals surface area contributed by atoms with Gasteiger partial charge in [0.1, 0.15) is 0 Å². The number of hydrogen-bond donors (Lipinski definition) is 1. The minimum atomic E-state index is -0.397. The molecule has 18 heavy (non-hydrogen) atoms.